The maximum Gasteiger partial charge on any atom is 0.274 e. The number of nitrogens with two attached hydrogens (primary N) is 1. The minimum Gasteiger partial charge on any atom is -0.330 e. The molecule has 0 aliphatic carbocycles. The van der Waals surface area contributed by atoms with Crippen molar-refractivity contribution in [1.82, 2.24) is 19.6 Å². The first-order valence-corrected chi connectivity index (χ1v) is 6.17. The van der Waals surface area contributed by atoms with Crippen molar-refractivity contribution < 1.29 is 0 Å². The fourth-order valence-electron chi connectivity index (χ4n) is 2.08. The van der Waals surface area contributed by atoms with Gasteiger partial charge in [0.15, 0.2) is 0 Å². The van der Waals surface area contributed by atoms with Crippen LogP contribution >= 0.6 is 0 Å². The van der Waals surface area contributed by atoms with Crippen LogP contribution in [0.3, 0.4) is 0 Å². The Morgan fingerprint density at radius 3 is 2.78 bits per heavy atom. The monoisotopic (exact) mass is 249 g/mol. The van der Waals surface area contributed by atoms with Gasteiger partial charge < -0.3 is 5.73 Å². The number of hydrogen-bond acceptors (Lipinski definition) is 4. The lowest BCUT2D eigenvalue weighted by Crippen LogP contribution is -2.17. The third-order valence-corrected chi connectivity index (χ3v) is 2.90. The van der Waals surface area contributed by atoms with Crippen LogP contribution in [0.1, 0.15) is 37.7 Å². The molecule has 1 atom stereocenters. The quantitative estimate of drug-likeness (QED) is 0.839. The molecule has 3 N–H and O–H groups in total. The maximum atomic E-state index is 11.8. The van der Waals surface area contributed by atoms with E-state index in [-0.39, 0.29) is 11.5 Å². The first-order valence-electron chi connectivity index (χ1n) is 6.17. The SMILES string of the molecule is Cc1cc(=O)n2[nH]c(C(CN)CC(C)C)nc2n1. The van der Waals surface area contributed by atoms with Gasteiger partial charge in [-0.2, -0.15) is 9.50 Å². The van der Waals surface area contributed by atoms with E-state index < -0.39 is 0 Å². The van der Waals surface area contributed by atoms with Crippen molar-refractivity contribution in [3.63, 3.8) is 0 Å². The van der Waals surface area contributed by atoms with Crippen LogP contribution in [-0.4, -0.2) is 26.1 Å². The number of nitrogens with zero attached hydrogens (tertiary/aromatic N) is 3. The van der Waals surface area contributed by atoms with Crippen LogP contribution in [0.5, 0.6) is 0 Å². The number of aryl methyl sites for hydroxylation is 1. The predicted octanol–water partition coefficient (Wildman–Crippen LogP) is 0.814. The lowest BCUT2D eigenvalue weighted by molar-refractivity contribution is 0.487. The summed E-state index contributed by atoms with van der Waals surface area (Å²) in [4.78, 5) is 20.4. The molecular formula is C12H19N5O. The molecule has 0 radical (unpaired) electrons. The first-order chi connectivity index (χ1) is 8.51. The summed E-state index contributed by atoms with van der Waals surface area (Å²) in [5, 5.41) is 3.00. The Hall–Kier alpha value is -1.69. The highest BCUT2D eigenvalue weighted by molar-refractivity contribution is 5.28. The van der Waals surface area contributed by atoms with Gasteiger partial charge in [-0.15, -0.1) is 0 Å². The van der Waals surface area contributed by atoms with Gasteiger partial charge in [0, 0.05) is 24.2 Å². The zero-order valence-electron chi connectivity index (χ0n) is 11.0. The molecule has 0 bridgehead atoms. The van der Waals surface area contributed by atoms with E-state index in [1.165, 1.54) is 10.6 Å². The van der Waals surface area contributed by atoms with Gasteiger partial charge in [-0.1, -0.05) is 13.8 Å². The van der Waals surface area contributed by atoms with Crippen LogP contribution in [0.15, 0.2) is 10.9 Å². The summed E-state index contributed by atoms with van der Waals surface area (Å²) in [6, 6.07) is 1.48. The molecule has 0 fully saturated rings. The summed E-state index contributed by atoms with van der Waals surface area (Å²) in [7, 11) is 0. The van der Waals surface area contributed by atoms with Crippen LogP contribution in [-0.2, 0) is 0 Å². The molecule has 0 amide bonds. The highest BCUT2D eigenvalue weighted by Gasteiger charge is 2.17. The minimum absolute atomic E-state index is 0.131. The van der Waals surface area contributed by atoms with Gasteiger partial charge in [0.05, 0.1) is 0 Å². The van der Waals surface area contributed by atoms with Gasteiger partial charge in [-0.25, -0.2) is 4.98 Å². The summed E-state index contributed by atoms with van der Waals surface area (Å²) in [5.74, 6) is 1.81. The third kappa shape index (κ3) is 2.43. The van der Waals surface area contributed by atoms with Crippen LogP contribution < -0.4 is 11.3 Å². The van der Waals surface area contributed by atoms with E-state index >= 15 is 0 Å². The lowest BCUT2D eigenvalue weighted by atomic mass is 9.97. The second-order valence-electron chi connectivity index (χ2n) is 5.04. The van der Waals surface area contributed by atoms with Gasteiger partial charge in [0.1, 0.15) is 5.82 Å². The molecule has 98 valence electrons. The van der Waals surface area contributed by atoms with E-state index in [0.29, 0.717) is 23.9 Å². The first kappa shape index (κ1) is 12.8. The van der Waals surface area contributed by atoms with Gasteiger partial charge >= 0.3 is 0 Å². The van der Waals surface area contributed by atoms with Crippen molar-refractivity contribution in [1.29, 1.82) is 0 Å². The van der Waals surface area contributed by atoms with E-state index in [9.17, 15) is 4.79 Å². The zero-order chi connectivity index (χ0) is 13.3. The molecule has 0 spiro atoms. The highest BCUT2D eigenvalue weighted by Crippen LogP contribution is 2.19. The molecule has 2 rings (SSSR count). The lowest BCUT2D eigenvalue weighted by Gasteiger charge is -2.13. The molecule has 1 unspecified atom stereocenters. The number of rotatable bonds is 4. The van der Waals surface area contributed by atoms with Crippen LogP contribution in [0, 0.1) is 12.8 Å². The van der Waals surface area contributed by atoms with Crippen molar-refractivity contribution in [2.24, 2.45) is 11.7 Å². The maximum absolute atomic E-state index is 11.8. The van der Waals surface area contributed by atoms with Crippen molar-refractivity contribution in [2.75, 3.05) is 6.54 Å². The number of fused-ring (bicyclic) bond motifs is 1. The molecule has 0 saturated carbocycles. The molecule has 0 aliphatic rings. The summed E-state index contributed by atoms with van der Waals surface area (Å²) >= 11 is 0. The third-order valence-electron chi connectivity index (χ3n) is 2.90. The van der Waals surface area contributed by atoms with Gasteiger partial charge in [-0.3, -0.25) is 9.89 Å². The number of H-pyrrole nitrogens is 1. The second-order valence-corrected chi connectivity index (χ2v) is 5.04. The fraction of sp³-hybridized carbons (Fsp3) is 0.583. The van der Waals surface area contributed by atoms with E-state index in [0.717, 1.165) is 12.2 Å². The second kappa shape index (κ2) is 4.89. The molecule has 2 heterocycles. The fourth-order valence-corrected chi connectivity index (χ4v) is 2.08. The molecule has 6 nitrogen and oxygen atoms in total. The summed E-state index contributed by atoms with van der Waals surface area (Å²) in [5.41, 5.74) is 6.31. The Morgan fingerprint density at radius 2 is 2.17 bits per heavy atom. The Morgan fingerprint density at radius 1 is 1.44 bits per heavy atom. The molecule has 2 aromatic rings. The molecule has 18 heavy (non-hydrogen) atoms. The van der Waals surface area contributed by atoms with Gasteiger partial charge in [0.25, 0.3) is 11.3 Å². The Bertz CT molecular complexity index is 598. The van der Waals surface area contributed by atoms with E-state index in [2.05, 4.69) is 28.9 Å². The zero-order valence-corrected chi connectivity index (χ0v) is 11.0. The smallest absolute Gasteiger partial charge is 0.274 e. The summed E-state index contributed by atoms with van der Waals surface area (Å²) in [6.07, 6.45) is 0.935. The van der Waals surface area contributed by atoms with Crippen LogP contribution in [0.25, 0.3) is 5.78 Å². The molecule has 0 aromatic carbocycles. The number of aromatic nitrogens is 4. The van der Waals surface area contributed by atoms with Crippen molar-refractivity contribution in [3.05, 3.63) is 27.9 Å². The summed E-state index contributed by atoms with van der Waals surface area (Å²) in [6.45, 7) is 6.57. The number of nitrogens with one attached hydrogen (secondary N) is 1. The van der Waals surface area contributed by atoms with Crippen LogP contribution in [0.4, 0.5) is 0 Å². The van der Waals surface area contributed by atoms with E-state index in [4.69, 9.17) is 5.73 Å². The number of hydrogen-bond donors (Lipinski definition) is 2. The largest absolute Gasteiger partial charge is 0.330 e. The van der Waals surface area contributed by atoms with Crippen molar-refractivity contribution in [3.8, 4) is 0 Å². The molecule has 6 heteroatoms. The van der Waals surface area contributed by atoms with Crippen molar-refractivity contribution in [2.45, 2.75) is 33.1 Å². The molecule has 0 aliphatic heterocycles. The Balaban J connectivity index is 2.46. The van der Waals surface area contributed by atoms with Crippen LogP contribution in [0.2, 0.25) is 0 Å². The molecule has 0 saturated heterocycles. The minimum atomic E-state index is -0.142. The predicted molar refractivity (Wildman–Crippen MR) is 69.6 cm³/mol. The normalized spacial score (nSPS) is 13.4. The average Bonchev–Trinajstić information content (AvgIpc) is 2.69. The Labute approximate surface area is 105 Å². The molecule has 2 aromatic heterocycles. The van der Waals surface area contributed by atoms with E-state index in [1.54, 1.807) is 6.92 Å². The molecular weight excluding hydrogens is 230 g/mol. The highest BCUT2D eigenvalue weighted by atomic mass is 16.1. The number of aromatic amines is 1. The topological polar surface area (TPSA) is 89.1 Å². The van der Waals surface area contributed by atoms with Gasteiger partial charge in [-0.05, 0) is 19.3 Å². The van der Waals surface area contributed by atoms with E-state index in [1.807, 2.05) is 0 Å². The standard InChI is InChI=1S/C12H19N5O/c1-7(2)4-9(6-13)11-15-12-14-8(3)5-10(18)17(12)16-11/h5,7,9H,4,6,13H2,1-3H3,(H,14,15,16). The van der Waals surface area contributed by atoms with Crippen molar-refractivity contribution >= 4 is 5.78 Å². The average molecular weight is 249 g/mol. The Kier molecular flexibility index (Phi) is 3.47. The van der Waals surface area contributed by atoms with Gasteiger partial charge in [0.2, 0.25) is 0 Å². The summed E-state index contributed by atoms with van der Waals surface area (Å²) < 4.78 is 1.37.